The Labute approximate surface area is 133 Å². The number of nitro groups is 1. The molecule has 2 rings (SSSR count). The summed E-state index contributed by atoms with van der Waals surface area (Å²) in [5.41, 5.74) is 0.922. The summed E-state index contributed by atoms with van der Waals surface area (Å²) in [7, 11) is 0. The molecule has 0 saturated heterocycles. The first-order valence-electron chi connectivity index (χ1n) is 5.81. The van der Waals surface area contributed by atoms with Gasteiger partial charge in [-0.2, -0.15) is 0 Å². The molecule has 5 nitrogen and oxygen atoms in total. The van der Waals surface area contributed by atoms with Crippen LogP contribution in [0.25, 0.3) is 0 Å². The smallest absolute Gasteiger partial charge is 0.270 e. The predicted molar refractivity (Wildman–Crippen MR) is 82.0 cm³/mol. The number of non-ortho nitro benzene ring substituents is 1. The Bertz CT molecular complexity index is 705. The van der Waals surface area contributed by atoms with Crippen LogP contribution < -0.4 is 4.74 Å². The summed E-state index contributed by atoms with van der Waals surface area (Å²) in [6.45, 7) is 0.110. The number of hydrogen-bond donors (Lipinski definition) is 0. The molecule has 0 atom stereocenters. The lowest BCUT2D eigenvalue weighted by molar-refractivity contribution is -0.384. The van der Waals surface area contributed by atoms with Crippen molar-refractivity contribution in [3.63, 3.8) is 0 Å². The lowest BCUT2D eigenvalue weighted by Gasteiger charge is -2.10. The Kier molecular flexibility index (Phi) is 4.93. The van der Waals surface area contributed by atoms with E-state index in [2.05, 4.69) is 15.9 Å². The number of hydrogen-bond acceptors (Lipinski definition) is 4. The van der Waals surface area contributed by atoms with Gasteiger partial charge in [-0.05, 0) is 24.3 Å². The molecule has 108 valence electrons. The molecule has 0 heterocycles. The van der Waals surface area contributed by atoms with Crippen molar-refractivity contribution >= 4 is 39.5 Å². The molecular weight excluding hydrogens is 362 g/mol. The zero-order valence-corrected chi connectivity index (χ0v) is 12.9. The summed E-state index contributed by atoms with van der Waals surface area (Å²) in [6.07, 6.45) is 0.692. The van der Waals surface area contributed by atoms with E-state index < -0.39 is 4.92 Å². The molecule has 7 heteroatoms. The summed E-state index contributed by atoms with van der Waals surface area (Å²) in [5.74, 6) is 0.419. The molecule has 2 aromatic carbocycles. The second-order valence-corrected chi connectivity index (χ2v) is 5.44. The number of carbonyl (C=O) groups excluding carboxylic acids is 1. The molecule has 0 aliphatic heterocycles. The van der Waals surface area contributed by atoms with Gasteiger partial charge in [-0.25, -0.2) is 0 Å². The second-order valence-electron chi connectivity index (χ2n) is 4.12. The Morgan fingerprint density at radius 2 is 2.05 bits per heavy atom. The molecule has 0 aliphatic carbocycles. The normalized spacial score (nSPS) is 10.2. The summed E-state index contributed by atoms with van der Waals surface area (Å²) in [6, 6.07) is 9.20. The van der Waals surface area contributed by atoms with Crippen LogP contribution in [0, 0.1) is 10.1 Å². The van der Waals surface area contributed by atoms with Crippen LogP contribution in [0.15, 0.2) is 40.9 Å². The zero-order chi connectivity index (χ0) is 15.4. The number of benzene rings is 2. The van der Waals surface area contributed by atoms with Gasteiger partial charge < -0.3 is 4.74 Å². The van der Waals surface area contributed by atoms with E-state index in [0.29, 0.717) is 23.2 Å². The maximum atomic E-state index is 11.0. The van der Waals surface area contributed by atoms with Gasteiger partial charge >= 0.3 is 0 Å². The van der Waals surface area contributed by atoms with Crippen LogP contribution in [0.3, 0.4) is 0 Å². The molecule has 21 heavy (non-hydrogen) atoms. The average molecular weight is 371 g/mol. The third-order valence-corrected chi connectivity index (χ3v) is 3.57. The number of rotatable bonds is 5. The fourth-order valence-electron chi connectivity index (χ4n) is 1.67. The lowest BCUT2D eigenvalue weighted by Crippen LogP contribution is -1.99. The zero-order valence-electron chi connectivity index (χ0n) is 10.6. The molecule has 0 radical (unpaired) electrons. The van der Waals surface area contributed by atoms with E-state index >= 15 is 0 Å². The highest BCUT2D eigenvalue weighted by Crippen LogP contribution is 2.26. The average Bonchev–Trinajstić information content (AvgIpc) is 2.46. The van der Waals surface area contributed by atoms with Crippen LogP contribution in [0.5, 0.6) is 5.75 Å². The number of carbonyl (C=O) groups is 1. The SMILES string of the molecule is O=Cc1cc(Br)ccc1OCc1ccc([N+](=O)[O-])cc1Cl. The number of aldehydes is 1. The monoisotopic (exact) mass is 369 g/mol. The van der Waals surface area contributed by atoms with Crippen molar-refractivity contribution in [2.75, 3.05) is 0 Å². The number of halogens is 2. The molecule has 0 aromatic heterocycles. The van der Waals surface area contributed by atoms with Crippen LogP contribution >= 0.6 is 27.5 Å². The number of nitro benzene ring substituents is 1. The van der Waals surface area contributed by atoms with Gasteiger partial charge in [0.15, 0.2) is 6.29 Å². The van der Waals surface area contributed by atoms with Crippen LogP contribution in [-0.2, 0) is 6.61 Å². The minimum Gasteiger partial charge on any atom is -0.488 e. The molecule has 0 N–H and O–H groups in total. The van der Waals surface area contributed by atoms with E-state index in [1.165, 1.54) is 18.2 Å². The van der Waals surface area contributed by atoms with Crippen molar-refractivity contribution in [3.05, 3.63) is 67.1 Å². The number of nitrogens with zero attached hydrogens (tertiary/aromatic N) is 1. The quantitative estimate of drug-likeness (QED) is 0.444. The van der Waals surface area contributed by atoms with E-state index in [1.54, 1.807) is 18.2 Å². The van der Waals surface area contributed by atoms with Gasteiger partial charge in [0.1, 0.15) is 12.4 Å². The standard InChI is InChI=1S/C14H9BrClNO4/c15-11-2-4-14(10(5-11)7-18)21-8-9-1-3-12(17(19)20)6-13(9)16/h1-7H,8H2. The Morgan fingerprint density at radius 3 is 2.67 bits per heavy atom. The number of ether oxygens (including phenoxy) is 1. The van der Waals surface area contributed by atoms with Gasteiger partial charge in [-0.1, -0.05) is 27.5 Å². The van der Waals surface area contributed by atoms with Crippen molar-refractivity contribution < 1.29 is 14.5 Å². The summed E-state index contributed by atoms with van der Waals surface area (Å²) in [5, 5.41) is 10.9. The lowest BCUT2D eigenvalue weighted by atomic mass is 10.2. The van der Waals surface area contributed by atoms with Gasteiger partial charge in [0.2, 0.25) is 0 Å². The molecule has 0 bridgehead atoms. The van der Waals surface area contributed by atoms with Crippen molar-refractivity contribution in [1.29, 1.82) is 0 Å². The fraction of sp³-hybridized carbons (Fsp3) is 0.0714. The Morgan fingerprint density at radius 1 is 1.29 bits per heavy atom. The molecule has 0 fully saturated rings. The molecular formula is C14H9BrClNO4. The van der Waals surface area contributed by atoms with Crippen molar-refractivity contribution in [2.24, 2.45) is 0 Å². The highest BCUT2D eigenvalue weighted by Gasteiger charge is 2.11. The molecule has 0 saturated carbocycles. The van der Waals surface area contributed by atoms with E-state index in [-0.39, 0.29) is 17.3 Å². The minimum absolute atomic E-state index is 0.0824. The summed E-state index contributed by atoms with van der Waals surface area (Å²) in [4.78, 5) is 21.1. The second kappa shape index (κ2) is 6.69. The van der Waals surface area contributed by atoms with Gasteiger partial charge in [0.25, 0.3) is 5.69 Å². The van der Waals surface area contributed by atoms with Crippen molar-refractivity contribution in [3.8, 4) is 5.75 Å². The highest BCUT2D eigenvalue weighted by atomic mass is 79.9. The van der Waals surface area contributed by atoms with Gasteiger partial charge in [0, 0.05) is 22.2 Å². The van der Waals surface area contributed by atoms with E-state index in [0.717, 1.165) is 4.47 Å². The first kappa shape index (κ1) is 15.5. The van der Waals surface area contributed by atoms with Crippen molar-refractivity contribution in [2.45, 2.75) is 6.61 Å². The third kappa shape index (κ3) is 3.80. The Balaban J connectivity index is 2.17. The topological polar surface area (TPSA) is 69.4 Å². The molecule has 2 aromatic rings. The van der Waals surface area contributed by atoms with E-state index in [1.807, 2.05) is 0 Å². The van der Waals surface area contributed by atoms with Crippen LogP contribution in [0.4, 0.5) is 5.69 Å². The maximum Gasteiger partial charge on any atom is 0.270 e. The van der Waals surface area contributed by atoms with Gasteiger partial charge in [0.05, 0.1) is 15.5 Å². The summed E-state index contributed by atoms with van der Waals surface area (Å²) >= 11 is 9.24. The van der Waals surface area contributed by atoms with E-state index in [9.17, 15) is 14.9 Å². The molecule has 0 unspecified atom stereocenters. The fourth-order valence-corrected chi connectivity index (χ4v) is 2.27. The van der Waals surface area contributed by atoms with Gasteiger partial charge in [-0.3, -0.25) is 14.9 Å². The first-order chi connectivity index (χ1) is 10.0. The minimum atomic E-state index is -0.518. The first-order valence-corrected chi connectivity index (χ1v) is 6.98. The molecule has 0 aliphatic rings. The third-order valence-electron chi connectivity index (χ3n) is 2.73. The van der Waals surface area contributed by atoms with Gasteiger partial charge in [-0.15, -0.1) is 0 Å². The molecule has 0 spiro atoms. The Hall–Kier alpha value is -1.92. The van der Waals surface area contributed by atoms with Crippen LogP contribution in [0.1, 0.15) is 15.9 Å². The highest BCUT2D eigenvalue weighted by molar-refractivity contribution is 9.10. The van der Waals surface area contributed by atoms with Crippen LogP contribution in [0.2, 0.25) is 5.02 Å². The van der Waals surface area contributed by atoms with E-state index in [4.69, 9.17) is 16.3 Å². The summed E-state index contributed by atoms with van der Waals surface area (Å²) < 4.78 is 6.31. The molecule has 0 amide bonds. The largest absolute Gasteiger partial charge is 0.488 e. The van der Waals surface area contributed by atoms with Crippen molar-refractivity contribution in [1.82, 2.24) is 0 Å². The van der Waals surface area contributed by atoms with Crippen LogP contribution in [-0.4, -0.2) is 11.2 Å². The predicted octanol–water partition coefficient (Wildman–Crippen LogP) is 4.40. The maximum absolute atomic E-state index is 11.0.